The summed E-state index contributed by atoms with van der Waals surface area (Å²) in [5.74, 6) is -0.586. The first kappa shape index (κ1) is 18.4. The minimum Gasteiger partial charge on any atom is -0.360 e. The lowest BCUT2D eigenvalue weighted by Gasteiger charge is -2.04. The zero-order chi connectivity index (χ0) is 18.6. The van der Waals surface area contributed by atoms with Gasteiger partial charge in [-0.25, -0.2) is 13.5 Å². The smallest absolute Gasteiger partial charge is 0.319 e. The molecule has 2 rings (SSSR count). The Morgan fingerprint density at radius 3 is 2.80 bits per heavy atom. The maximum absolute atomic E-state index is 12.9. The number of nitrogens with one attached hydrogen (secondary N) is 1. The van der Waals surface area contributed by atoms with Crippen LogP contribution in [0.2, 0.25) is 0 Å². The number of carbonyl (C=O) groups is 1. The largest absolute Gasteiger partial charge is 0.360 e. The summed E-state index contributed by atoms with van der Waals surface area (Å²) in [5, 5.41) is 20.9. The molecule has 0 aliphatic carbocycles. The van der Waals surface area contributed by atoms with Crippen molar-refractivity contribution in [1.82, 2.24) is 19.6 Å². The number of alkyl halides is 2. The zero-order valence-electron chi connectivity index (χ0n) is 13.5. The van der Waals surface area contributed by atoms with Gasteiger partial charge in [0.15, 0.2) is 0 Å². The minimum atomic E-state index is -3.11. The maximum atomic E-state index is 12.9. The lowest BCUT2D eigenvalue weighted by atomic mass is 10.3. The van der Waals surface area contributed by atoms with Crippen molar-refractivity contribution in [2.75, 3.05) is 11.9 Å². The molecular weight excluding hydrogens is 342 g/mol. The van der Waals surface area contributed by atoms with E-state index in [9.17, 15) is 23.7 Å². The predicted octanol–water partition coefficient (Wildman–Crippen LogP) is 1.87. The van der Waals surface area contributed by atoms with Gasteiger partial charge in [-0.2, -0.15) is 10.2 Å². The zero-order valence-corrected chi connectivity index (χ0v) is 13.5. The molecule has 136 valence electrons. The first-order chi connectivity index (χ1) is 11.8. The van der Waals surface area contributed by atoms with E-state index in [1.165, 1.54) is 24.0 Å². The topological polar surface area (TPSA) is 117 Å². The molecule has 1 amide bonds. The molecule has 2 aromatic heterocycles. The van der Waals surface area contributed by atoms with Gasteiger partial charge in [-0.1, -0.05) is 0 Å². The highest BCUT2D eigenvalue weighted by Gasteiger charge is 2.31. The SMILES string of the molecule is CCOCn1cc(NC(=O)Cn2nc(C(F)F)c([N+](=O)[O-])c2C)cn1. The first-order valence-electron chi connectivity index (χ1n) is 7.23. The van der Waals surface area contributed by atoms with Crippen LogP contribution in [-0.2, 0) is 22.8 Å². The van der Waals surface area contributed by atoms with Crippen molar-refractivity contribution in [1.29, 1.82) is 0 Å². The van der Waals surface area contributed by atoms with E-state index >= 15 is 0 Å². The standard InChI is InChI=1S/C13H16F2N6O4/c1-3-25-7-19-5-9(4-16-19)17-10(22)6-20-8(2)12(21(23)24)11(18-20)13(14)15/h4-5,13H,3,6-7H2,1-2H3,(H,17,22). The molecule has 1 N–H and O–H groups in total. The third-order valence-electron chi connectivity index (χ3n) is 3.23. The molecule has 0 fully saturated rings. The molecule has 10 nitrogen and oxygen atoms in total. The van der Waals surface area contributed by atoms with Crippen molar-refractivity contribution in [3.05, 3.63) is 33.9 Å². The number of amides is 1. The molecule has 0 aromatic carbocycles. The number of hydrogen-bond donors (Lipinski definition) is 1. The minimum absolute atomic E-state index is 0.123. The van der Waals surface area contributed by atoms with Gasteiger partial charge in [0.05, 0.1) is 23.0 Å². The molecule has 0 aliphatic rings. The van der Waals surface area contributed by atoms with Gasteiger partial charge in [-0.05, 0) is 13.8 Å². The maximum Gasteiger partial charge on any atom is 0.319 e. The highest BCUT2D eigenvalue weighted by Crippen LogP contribution is 2.30. The second-order valence-corrected chi connectivity index (χ2v) is 4.97. The molecule has 0 radical (unpaired) electrons. The molecular formula is C13H16F2N6O4. The summed E-state index contributed by atoms with van der Waals surface area (Å²) in [4.78, 5) is 22.0. The number of hydrogen-bond acceptors (Lipinski definition) is 6. The molecule has 25 heavy (non-hydrogen) atoms. The average Bonchev–Trinajstić information content (AvgIpc) is 3.10. The quantitative estimate of drug-likeness (QED) is 0.569. The molecule has 0 atom stereocenters. The molecule has 0 spiro atoms. The molecule has 2 aromatic rings. The summed E-state index contributed by atoms with van der Waals surface area (Å²) in [6.07, 6.45) is -0.198. The van der Waals surface area contributed by atoms with Gasteiger partial charge < -0.3 is 10.1 Å². The fourth-order valence-electron chi connectivity index (χ4n) is 2.11. The molecule has 0 saturated carbocycles. The normalized spacial score (nSPS) is 11.1. The first-order valence-corrected chi connectivity index (χ1v) is 7.23. The fraction of sp³-hybridized carbons (Fsp3) is 0.462. The third-order valence-corrected chi connectivity index (χ3v) is 3.23. The van der Waals surface area contributed by atoms with Gasteiger partial charge in [0.2, 0.25) is 11.6 Å². The molecule has 2 heterocycles. The fourth-order valence-corrected chi connectivity index (χ4v) is 2.11. The van der Waals surface area contributed by atoms with E-state index in [1.807, 2.05) is 6.92 Å². The van der Waals surface area contributed by atoms with E-state index in [0.29, 0.717) is 12.3 Å². The monoisotopic (exact) mass is 358 g/mol. The summed E-state index contributed by atoms with van der Waals surface area (Å²) in [5.41, 5.74) is -1.49. The van der Waals surface area contributed by atoms with Crippen LogP contribution in [0.4, 0.5) is 20.2 Å². The van der Waals surface area contributed by atoms with Crippen LogP contribution in [0.15, 0.2) is 12.4 Å². The average molecular weight is 358 g/mol. The number of aromatic nitrogens is 4. The van der Waals surface area contributed by atoms with Gasteiger partial charge in [-0.3, -0.25) is 19.6 Å². The summed E-state index contributed by atoms with van der Waals surface area (Å²) in [6, 6.07) is 0. The second kappa shape index (κ2) is 7.79. The number of rotatable bonds is 8. The Morgan fingerprint density at radius 2 is 2.24 bits per heavy atom. The van der Waals surface area contributed by atoms with E-state index in [1.54, 1.807) is 0 Å². The second-order valence-electron chi connectivity index (χ2n) is 4.97. The molecule has 0 bridgehead atoms. The van der Waals surface area contributed by atoms with Crippen LogP contribution in [0.25, 0.3) is 0 Å². The van der Waals surface area contributed by atoms with Gasteiger partial charge in [-0.15, -0.1) is 0 Å². The third kappa shape index (κ3) is 4.35. The van der Waals surface area contributed by atoms with E-state index in [4.69, 9.17) is 4.74 Å². The van der Waals surface area contributed by atoms with Crippen molar-refractivity contribution in [3.8, 4) is 0 Å². The number of anilines is 1. The van der Waals surface area contributed by atoms with E-state index in [2.05, 4.69) is 15.5 Å². The number of nitrogens with zero attached hydrogens (tertiary/aromatic N) is 5. The van der Waals surface area contributed by atoms with Crippen molar-refractivity contribution < 1.29 is 23.2 Å². The van der Waals surface area contributed by atoms with Crippen LogP contribution in [0.3, 0.4) is 0 Å². The molecule has 0 aliphatic heterocycles. The Kier molecular flexibility index (Phi) is 5.75. The summed E-state index contributed by atoms with van der Waals surface area (Å²) < 4.78 is 33.2. The van der Waals surface area contributed by atoms with Crippen molar-refractivity contribution in [2.45, 2.75) is 33.5 Å². The van der Waals surface area contributed by atoms with Crippen LogP contribution < -0.4 is 5.32 Å². The lowest BCUT2D eigenvalue weighted by molar-refractivity contribution is -0.386. The van der Waals surface area contributed by atoms with Crippen LogP contribution in [0.5, 0.6) is 0 Å². The Bertz CT molecular complexity index is 773. The Morgan fingerprint density at radius 1 is 1.52 bits per heavy atom. The van der Waals surface area contributed by atoms with Gasteiger partial charge >= 0.3 is 5.69 Å². The summed E-state index contributed by atoms with van der Waals surface area (Å²) in [6.45, 7) is 3.35. The molecule has 0 unspecified atom stereocenters. The van der Waals surface area contributed by atoms with E-state index in [0.717, 1.165) is 4.68 Å². The number of nitro groups is 1. The van der Waals surface area contributed by atoms with E-state index in [-0.39, 0.29) is 12.4 Å². The van der Waals surface area contributed by atoms with E-state index < -0.39 is 35.2 Å². The number of ether oxygens (including phenoxy) is 1. The van der Waals surface area contributed by atoms with Gasteiger partial charge in [0.25, 0.3) is 6.43 Å². The molecule has 0 saturated heterocycles. The summed E-state index contributed by atoms with van der Waals surface area (Å²) in [7, 11) is 0. The lowest BCUT2D eigenvalue weighted by Crippen LogP contribution is -2.20. The number of carbonyl (C=O) groups excluding carboxylic acids is 1. The van der Waals surface area contributed by atoms with Gasteiger partial charge in [0, 0.05) is 6.61 Å². The van der Waals surface area contributed by atoms with Gasteiger partial charge in [0.1, 0.15) is 19.0 Å². The van der Waals surface area contributed by atoms with Crippen LogP contribution in [-0.4, -0.2) is 37.0 Å². The van der Waals surface area contributed by atoms with Crippen molar-refractivity contribution in [2.24, 2.45) is 0 Å². The summed E-state index contributed by atoms with van der Waals surface area (Å²) >= 11 is 0. The molecule has 12 heteroatoms. The Labute approximate surface area is 140 Å². The van der Waals surface area contributed by atoms with Crippen molar-refractivity contribution >= 4 is 17.3 Å². The highest BCUT2D eigenvalue weighted by atomic mass is 19.3. The predicted molar refractivity (Wildman–Crippen MR) is 81.1 cm³/mol. The Hall–Kier alpha value is -2.89. The number of halogens is 2. The van der Waals surface area contributed by atoms with Crippen molar-refractivity contribution in [3.63, 3.8) is 0 Å². The Balaban J connectivity index is 2.09. The highest BCUT2D eigenvalue weighted by molar-refractivity contribution is 5.90. The van der Waals surface area contributed by atoms with Crippen LogP contribution in [0, 0.1) is 17.0 Å². The van der Waals surface area contributed by atoms with Crippen LogP contribution in [0.1, 0.15) is 24.7 Å². The van der Waals surface area contributed by atoms with Crippen LogP contribution >= 0.6 is 0 Å².